The number of halogens is 1. The fraction of sp³-hybridized carbons (Fsp3) is 0.158. The van der Waals surface area contributed by atoms with E-state index in [2.05, 4.69) is 5.16 Å². The first kappa shape index (κ1) is 17.8. The predicted octanol–water partition coefficient (Wildman–Crippen LogP) is 4.13. The summed E-state index contributed by atoms with van der Waals surface area (Å²) in [5.41, 5.74) is 1.36. The van der Waals surface area contributed by atoms with E-state index < -0.39 is 5.97 Å². The molecule has 0 amide bonds. The minimum atomic E-state index is -0.506. The van der Waals surface area contributed by atoms with Crippen LogP contribution in [-0.2, 0) is 16.1 Å². The van der Waals surface area contributed by atoms with Gasteiger partial charge in [0.25, 0.3) is 0 Å². The van der Waals surface area contributed by atoms with E-state index in [-0.39, 0.29) is 13.2 Å². The number of rotatable bonds is 7. The summed E-state index contributed by atoms with van der Waals surface area (Å²) < 4.78 is 20.8. The summed E-state index contributed by atoms with van der Waals surface area (Å²) in [5.74, 6) is 1.36. The minimum Gasteiger partial charge on any atom is -0.497 e. The number of esters is 1. The van der Waals surface area contributed by atoms with Gasteiger partial charge in [-0.05, 0) is 48.5 Å². The summed E-state index contributed by atoms with van der Waals surface area (Å²) in [6.07, 6.45) is 0. The lowest BCUT2D eigenvalue weighted by molar-refractivity contribution is -0.147. The summed E-state index contributed by atoms with van der Waals surface area (Å²) in [5, 5.41) is 4.49. The Bertz CT molecular complexity index is 858. The third-order valence-electron chi connectivity index (χ3n) is 3.48. The van der Waals surface area contributed by atoms with Gasteiger partial charge in [-0.3, -0.25) is 0 Å². The maximum absolute atomic E-state index is 11.8. The Morgan fingerprint density at radius 1 is 1.08 bits per heavy atom. The van der Waals surface area contributed by atoms with Crippen molar-refractivity contribution in [3.63, 3.8) is 0 Å². The average Bonchev–Trinajstić information content (AvgIpc) is 3.15. The summed E-state index contributed by atoms with van der Waals surface area (Å²) in [6, 6.07) is 15.8. The standard InChI is InChI=1S/C19H16ClNO5/c1-23-16-6-2-13(3-7-16)18-10-15(21-26-18)11-25-19(22)12-24-17-8-4-14(20)5-9-17/h2-10H,11-12H2,1H3. The third kappa shape index (κ3) is 4.77. The lowest BCUT2D eigenvalue weighted by atomic mass is 10.1. The summed E-state index contributed by atoms with van der Waals surface area (Å²) in [4.78, 5) is 11.8. The number of hydrogen-bond acceptors (Lipinski definition) is 6. The van der Waals surface area contributed by atoms with Crippen molar-refractivity contribution in [1.29, 1.82) is 0 Å². The van der Waals surface area contributed by atoms with Crippen LogP contribution in [0.3, 0.4) is 0 Å². The third-order valence-corrected chi connectivity index (χ3v) is 3.74. The second-order valence-corrected chi connectivity index (χ2v) is 5.75. The molecule has 26 heavy (non-hydrogen) atoms. The normalized spacial score (nSPS) is 10.4. The molecule has 0 aliphatic rings. The number of carbonyl (C=O) groups excluding carboxylic acids is 1. The second-order valence-electron chi connectivity index (χ2n) is 5.31. The van der Waals surface area contributed by atoms with Crippen molar-refractivity contribution in [3.8, 4) is 22.8 Å². The van der Waals surface area contributed by atoms with Crippen LogP contribution in [-0.4, -0.2) is 24.8 Å². The first-order valence-electron chi connectivity index (χ1n) is 7.78. The summed E-state index contributed by atoms with van der Waals surface area (Å²) >= 11 is 5.78. The first-order chi connectivity index (χ1) is 12.6. The molecule has 0 saturated heterocycles. The second kappa shape index (κ2) is 8.40. The van der Waals surface area contributed by atoms with E-state index in [1.165, 1.54) is 0 Å². The molecule has 0 bridgehead atoms. The molecule has 0 aliphatic carbocycles. The molecule has 0 unspecified atom stereocenters. The minimum absolute atomic E-state index is 0.00245. The van der Waals surface area contributed by atoms with Crippen LogP contribution in [0.2, 0.25) is 5.02 Å². The van der Waals surface area contributed by atoms with Crippen LogP contribution in [0, 0.1) is 0 Å². The van der Waals surface area contributed by atoms with Gasteiger partial charge in [0, 0.05) is 16.7 Å². The largest absolute Gasteiger partial charge is 0.497 e. The molecule has 134 valence electrons. The number of hydrogen-bond donors (Lipinski definition) is 0. The quantitative estimate of drug-likeness (QED) is 0.580. The van der Waals surface area contributed by atoms with Crippen LogP contribution in [0.25, 0.3) is 11.3 Å². The molecule has 6 nitrogen and oxygen atoms in total. The van der Waals surface area contributed by atoms with E-state index in [9.17, 15) is 4.79 Å². The van der Waals surface area contributed by atoms with Gasteiger partial charge in [-0.15, -0.1) is 0 Å². The Hall–Kier alpha value is -2.99. The van der Waals surface area contributed by atoms with Crippen LogP contribution in [0.5, 0.6) is 11.5 Å². The molecule has 3 aromatic rings. The average molecular weight is 374 g/mol. The Labute approximate surface area is 155 Å². The van der Waals surface area contributed by atoms with Crippen molar-refractivity contribution in [2.75, 3.05) is 13.7 Å². The molecule has 0 aliphatic heterocycles. The van der Waals surface area contributed by atoms with Crippen molar-refractivity contribution in [2.24, 2.45) is 0 Å². The summed E-state index contributed by atoms with van der Waals surface area (Å²) in [7, 11) is 1.60. The van der Waals surface area contributed by atoms with E-state index in [1.54, 1.807) is 37.4 Å². The van der Waals surface area contributed by atoms with E-state index in [1.807, 2.05) is 24.3 Å². The van der Waals surface area contributed by atoms with Crippen molar-refractivity contribution >= 4 is 17.6 Å². The zero-order valence-corrected chi connectivity index (χ0v) is 14.7. The van der Waals surface area contributed by atoms with E-state index >= 15 is 0 Å². The van der Waals surface area contributed by atoms with Gasteiger partial charge in [-0.2, -0.15) is 0 Å². The number of nitrogens with zero attached hydrogens (tertiary/aromatic N) is 1. The SMILES string of the molecule is COc1ccc(-c2cc(COC(=O)COc3ccc(Cl)cc3)no2)cc1. The van der Waals surface area contributed by atoms with Crippen molar-refractivity contribution in [3.05, 3.63) is 65.3 Å². The topological polar surface area (TPSA) is 70.8 Å². The van der Waals surface area contributed by atoms with Gasteiger partial charge in [0.05, 0.1) is 7.11 Å². The zero-order chi connectivity index (χ0) is 18.4. The van der Waals surface area contributed by atoms with Crippen molar-refractivity contribution in [1.82, 2.24) is 5.16 Å². The Morgan fingerprint density at radius 3 is 2.46 bits per heavy atom. The van der Waals surface area contributed by atoms with Gasteiger partial charge in [0.2, 0.25) is 0 Å². The van der Waals surface area contributed by atoms with E-state index in [0.29, 0.717) is 22.2 Å². The summed E-state index contributed by atoms with van der Waals surface area (Å²) in [6.45, 7) is -0.201. The monoisotopic (exact) mass is 373 g/mol. The highest BCUT2D eigenvalue weighted by Crippen LogP contribution is 2.23. The van der Waals surface area contributed by atoms with E-state index in [0.717, 1.165) is 11.3 Å². The zero-order valence-electron chi connectivity index (χ0n) is 14.0. The van der Waals surface area contributed by atoms with Crippen LogP contribution in [0.1, 0.15) is 5.69 Å². The molecule has 0 atom stereocenters. The van der Waals surface area contributed by atoms with Gasteiger partial charge >= 0.3 is 5.97 Å². The highest BCUT2D eigenvalue weighted by Gasteiger charge is 2.10. The molecule has 1 heterocycles. The molecule has 7 heteroatoms. The maximum atomic E-state index is 11.8. The van der Waals surface area contributed by atoms with Crippen LogP contribution in [0.4, 0.5) is 0 Å². The molecule has 1 aromatic heterocycles. The van der Waals surface area contributed by atoms with Crippen LogP contribution in [0.15, 0.2) is 59.1 Å². The van der Waals surface area contributed by atoms with Gasteiger partial charge < -0.3 is 18.7 Å². The number of carbonyl (C=O) groups is 1. The number of methoxy groups -OCH3 is 1. The molecule has 3 rings (SSSR count). The Kier molecular flexibility index (Phi) is 5.76. The highest BCUT2D eigenvalue weighted by atomic mass is 35.5. The molecule has 2 aromatic carbocycles. The van der Waals surface area contributed by atoms with Crippen LogP contribution >= 0.6 is 11.6 Å². The fourth-order valence-corrected chi connectivity index (χ4v) is 2.27. The molecular weight excluding hydrogens is 358 g/mol. The van der Waals surface area contributed by atoms with Crippen molar-refractivity contribution < 1.29 is 23.5 Å². The van der Waals surface area contributed by atoms with Gasteiger partial charge in [0.1, 0.15) is 23.8 Å². The smallest absolute Gasteiger partial charge is 0.344 e. The lowest BCUT2D eigenvalue weighted by Gasteiger charge is -2.05. The fourth-order valence-electron chi connectivity index (χ4n) is 2.14. The molecule has 0 radical (unpaired) electrons. The van der Waals surface area contributed by atoms with Gasteiger partial charge in [0.15, 0.2) is 12.4 Å². The molecule has 0 spiro atoms. The molecule has 0 fully saturated rings. The Balaban J connectivity index is 1.49. The van der Waals surface area contributed by atoms with E-state index in [4.69, 9.17) is 30.3 Å². The first-order valence-corrected chi connectivity index (χ1v) is 8.16. The number of benzene rings is 2. The van der Waals surface area contributed by atoms with Gasteiger partial charge in [-0.25, -0.2) is 4.79 Å². The van der Waals surface area contributed by atoms with Crippen molar-refractivity contribution in [2.45, 2.75) is 6.61 Å². The lowest BCUT2D eigenvalue weighted by Crippen LogP contribution is -2.14. The van der Waals surface area contributed by atoms with Crippen LogP contribution < -0.4 is 9.47 Å². The molecule has 0 saturated carbocycles. The van der Waals surface area contributed by atoms with Gasteiger partial charge in [-0.1, -0.05) is 16.8 Å². The number of ether oxygens (including phenoxy) is 3. The molecular formula is C19H16ClNO5. The predicted molar refractivity (Wildman–Crippen MR) is 95.2 cm³/mol. The Morgan fingerprint density at radius 2 is 1.77 bits per heavy atom. The maximum Gasteiger partial charge on any atom is 0.344 e. The number of aromatic nitrogens is 1. The molecule has 0 N–H and O–H groups in total. The highest BCUT2D eigenvalue weighted by molar-refractivity contribution is 6.30.